The van der Waals surface area contributed by atoms with Gasteiger partial charge < -0.3 is 9.64 Å². The highest BCUT2D eigenvalue weighted by atomic mass is 32.3. The minimum Gasteiger partial charge on any atom is -0.460 e. The fourth-order valence-electron chi connectivity index (χ4n) is 3.66. The lowest BCUT2D eigenvalue weighted by molar-refractivity contribution is -0.161. The van der Waals surface area contributed by atoms with Crippen LogP contribution in [0.5, 0.6) is 0 Å². The molecule has 1 N–H and O–H groups in total. The number of piperidine rings is 1. The van der Waals surface area contributed by atoms with Crippen LogP contribution in [0.3, 0.4) is 0 Å². The largest absolute Gasteiger partial charge is 0.460 e. The molecule has 2 heterocycles. The van der Waals surface area contributed by atoms with Crippen LogP contribution in [0.4, 0.5) is 0 Å². The molecule has 0 spiro atoms. The third-order valence-electron chi connectivity index (χ3n) is 4.87. The summed E-state index contributed by atoms with van der Waals surface area (Å²) in [6.07, 6.45) is 1.86. The Morgan fingerprint density at radius 3 is 2.33 bits per heavy atom. The van der Waals surface area contributed by atoms with Crippen LogP contribution >= 0.6 is 0 Å². The minimum absolute atomic E-state index is 0.262. The Morgan fingerprint density at radius 1 is 1.21 bits per heavy atom. The van der Waals surface area contributed by atoms with E-state index in [9.17, 15) is 13.2 Å². The zero-order valence-corrected chi connectivity index (χ0v) is 14.2. The molecule has 132 valence electrons. The van der Waals surface area contributed by atoms with E-state index in [0.717, 1.165) is 25.7 Å². The van der Waals surface area contributed by atoms with Gasteiger partial charge in [0.1, 0.15) is 6.10 Å². The molecule has 0 saturated carbocycles. The summed E-state index contributed by atoms with van der Waals surface area (Å²) in [7, 11) is -2.71. The van der Waals surface area contributed by atoms with Gasteiger partial charge >= 0.3 is 16.4 Å². The van der Waals surface area contributed by atoms with Crippen molar-refractivity contribution in [1.82, 2.24) is 4.90 Å². The highest BCUT2D eigenvalue weighted by Gasteiger charge is 2.41. The lowest BCUT2D eigenvalue weighted by Gasteiger charge is -2.36. The lowest BCUT2D eigenvalue weighted by atomic mass is 10.0. The molecule has 0 amide bonds. The number of hydrogen-bond donors (Lipinski definition) is 1. The number of hydrogen-bond acceptors (Lipinski definition) is 6. The molecule has 2 saturated heterocycles. The number of ether oxygens (including phenoxy) is 1. The van der Waals surface area contributed by atoms with Gasteiger partial charge in [-0.15, -0.1) is 0 Å². The molecular formula is C16H21NO6S. The first-order valence-corrected chi connectivity index (χ1v) is 9.33. The van der Waals surface area contributed by atoms with Crippen molar-refractivity contribution >= 4 is 16.4 Å². The molecule has 3 rings (SSSR count). The monoisotopic (exact) mass is 355 g/mol. The summed E-state index contributed by atoms with van der Waals surface area (Å²) < 4.78 is 41.2. The van der Waals surface area contributed by atoms with Gasteiger partial charge in [-0.2, -0.15) is 8.42 Å². The van der Waals surface area contributed by atoms with Gasteiger partial charge in [-0.05, 0) is 38.3 Å². The van der Waals surface area contributed by atoms with E-state index in [2.05, 4.69) is 16.1 Å². The Kier molecular flexibility index (Phi) is 4.91. The zero-order chi connectivity index (χ0) is 17.3. The molecule has 2 fully saturated rings. The Bertz CT molecular complexity index is 678. The summed E-state index contributed by atoms with van der Waals surface area (Å²) in [4.78, 5) is 14.8. The first-order valence-electron chi connectivity index (χ1n) is 7.96. The van der Waals surface area contributed by atoms with E-state index in [1.165, 1.54) is 0 Å². The number of nitrogens with zero attached hydrogens (tertiary/aromatic N) is 1. The smallest absolute Gasteiger partial charge is 0.398 e. The fraction of sp³-hybridized carbons (Fsp3) is 0.562. The van der Waals surface area contributed by atoms with E-state index in [4.69, 9.17) is 9.29 Å². The first kappa shape index (κ1) is 17.3. The molecule has 0 radical (unpaired) electrons. The van der Waals surface area contributed by atoms with E-state index in [-0.39, 0.29) is 6.10 Å². The van der Waals surface area contributed by atoms with E-state index < -0.39 is 22.5 Å². The van der Waals surface area contributed by atoms with Crippen LogP contribution < -0.4 is 0 Å². The second-order valence-electron chi connectivity index (χ2n) is 6.40. The SMILES string of the molecule is CN1[C@@H]2CC[C@H]1CC(OC(=O)C(OS(=O)(=O)O)c1ccccc1)C2. The van der Waals surface area contributed by atoms with Gasteiger partial charge in [-0.3, -0.25) is 4.55 Å². The Labute approximate surface area is 141 Å². The maximum absolute atomic E-state index is 12.5. The average Bonchev–Trinajstić information content (AvgIpc) is 2.74. The van der Waals surface area contributed by atoms with Crippen LogP contribution in [0.1, 0.15) is 37.4 Å². The van der Waals surface area contributed by atoms with E-state index in [1.807, 2.05) is 0 Å². The number of carbonyl (C=O) groups excluding carboxylic acids is 1. The summed E-state index contributed by atoms with van der Waals surface area (Å²) in [5, 5.41) is 0. The Morgan fingerprint density at radius 2 is 1.79 bits per heavy atom. The van der Waals surface area contributed by atoms with Crippen LogP contribution in [0, 0.1) is 0 Å². The third kappa shape index (κ3) is 3.94. The Hall–Kier alpha value is -1.48. The van der Waals surface area contributed by atoms with Gasteiger partial charge in [-0.25, -0.2) is 8.98 Å². The minimum atomic E-state index is -4.78. The van der Waals surface area contributed by atoms with E-state index in [0.29, 0.717) is 17.6 Å². The Balaban J connectivity index is 1.72. The third-order valence-corrected chi connectivity index (χ3v) is 5.31. The highest BCUT2D eigenvalue weighted by molar-refractivity contribution is 7.80. The van der Waals surface area contributed by atoms with E-state index in [1.54, 1.807) is 30.3 Å². The molecule has 0 aromatic heterocycles. The maximum atomic E-state index is 12.5. The van der Waals surface area contributed by atoms with Crippen molar-refractivity contribution in [2.45, 2.75) is 50.0 Å². The predicted octanol–water partition coefficient (Wildman–Crippen LogP) is 1.72. The maximum Gasteiger partial charge on any atom is 0.398 e. The van der Waals surface area contributed by atoms with Crippen molar-refractivity contribution in [3.63, 3.8) is 0 Å². The number of carbonyl (C=O) groups is 1. The molecule has 4 atom stereocenters. The summed E-state index contributed by atoms with van der Waals surface area (Å²) in [6, 6.07) is 8.91. The summed E-state index contributed by atoms with van der Waals surface area (Å²) in [5.74, 6) is -0.798. The molecule has 8 heteroatoms. The van der Waals surface area contributed by atoms with Crippen LogP contribution in [0.15, 0.2) is 30.3 Å². The molecule has 7 nitrogen and oxygen atoms in total. The lowest BCUT2D eigenvalue weighted by Crippen LogP contribution is -2.43. The molecule has 1 aromatic rings. The van der Waals surface area contributed by atoms with Gasteiger partial charge in [0.05, 0.1) is 0 Å². The summed E-state index contributed by atoms with van der Waals surface area (Å²) in [5.41, 5.74) is 0.316. The van der Waals surface area contributed by atoms with Crippen molar-refractivity contribution < 1.29 is 26.7 Å². The first-order chi connectivity index (χ1) is 11.3. The number of esters is 1. The molecule has 2 unspecified atom stereocenters. The van der Waals surface area contributed by atoms with Crippen LogP contribution in [0.2, 0.25) is 0 Å². The van der Waals surface area contributed by atoms with Gasteiger partial charge in [0.25, 0.3) is 0 Å². The average molecular weight is 355 g/mol. The van der Waals surface area contributed by atoms with Gasteiger partial charge in [0.15, 0.2) is 0 Å². The number of rotatable bonds is 5. The predicted molar refractivity (Wildman–Crippen MR) is 85.5 cm³/mol. The quantitative estimate of drug-likeness (QED) is 0.635. The van der Waals surface area contributed by atoms with Gasteiger partial charge in [-0.1, -0.05) is 30.3 Å². The van der Waals surface area contributed by atoms with Crippen LogP contribution in [-0.4, -0.2) is 49.1 Å². The number of benzene rings is 1. The van der Waals surface area contributed by atoms with Crippen molar-refractivity contribution in [2.24, 2.45) is 0 Å². The molecule has 0 aliphatic carbocycles. The highest BCUT2D eigenvalue weighted by Crippen LogP contribution is 2.36. The molecule has 2 aliphatic heterocycles. The zero-order valence-electron chi connectivity index (χ0n) is 13.4. The van der Waals surface area contributed by atoms with Crippen molar-refractivity contribution in [2.75, 3.05) is 7.05 Å². The van der Waals surface area contributed by atoms with Crippen LogP contribution in [0.25, 0.3) is 0 Å². The van der Waals surface area contributed by atoms with Gasteiger partial charge in [0, 0.05) is 12.1 Å². The fourth-order valence-corrected chi connectivity index (χ4v) is 4.10. The second-order valence-corrected chi connectivity index (χ2v) is 7.44. The topological polar surface area (TPSA) is 93.1 Å². The number of fused-ring (bicyclic) bond motifs is 2. The molecule has 2 aliphatic rings. The second kappa shape index (κ2) is 6.79. The molecule has 2 bridgehead atoms. The van der Waals surface area contributed by atoms with E-state index >= 15 is 0 Å². The molecule has 24 heavy (non-hydrogen) atoms. The van der Waals surface area contributed by atoms with Crippen LogP contribution in [-0.2, 0) is 24.1 Å². The summed E-state index contributed by atoms with van der Waals surface area (Å²) >= 11 is 0. The van der Waals surface area contributed by atoms with Gasteiger partial charge in [0.2, 0.25) is 6.10 Å². The van der Waals surface area contributed by atoms with Crippen molar-refractivity contribution in [3.05, 3.63) is 35.9 Å². The van der Waals surface area contributed by atoms with Crippen molar-refractivity contribution in [3.8, 4) is 0 Å². The normalized spacial score (nSPS) is 28.5. The van der Waals surface area contributed by atoms with Crippen molar-refractivity contribution in [1.29, 1.82) is 0 Å². The molecule has 1 aromatic carbocycles. The molecular weight excluding hydrogens is 334 g/mol. The summed E-state index contributed by atoms with van der Waals surface area (Å²) in [6.45, 7) is 0. The standard InChI is InChI=1S/C16H21NO6S/c1-17-12-7-8-13(17)10-14(9-12)22-16(18)15(23-24(19,20)21)11-5-3-2-4-6-11/h2-6,12-15H,7-10H2,1H3,(H,19,20,21)/t12-,13+,14?,15?.